The molecule has 0 aliphatic heterocycles. The number of methoxy groups -OCH3 is 1. The first-order valence-corrected chi connectivity index (χ1v) is 8.25. The number of H-pyrrole nitrogens is 1. The number of nitrogens with one attached hydrogen (secondary N) is 2. The molecule has 0 aliphatic carbocycles. The molecule has 3 rings (SSSR count). The lowest BCUT2D eigenvalue weighted by Gasteiger charge is -2.16. The van der Waals surface area contributed by atoms with Crippen LogP contribution < -0.4 is 5.32 Å². The number of rotatable bonds is 5. The topological polar surface area (TPSA) is 71.2 Å². The highest BCUT2D eigenvalue weighted by Crippen LogP contribution is 2.20. The first kappa shape index (κ1) is 17.9. The Kier molecular flexibility index (Phi) is 5.23. The second-order valence-corrected chi connectivity index (χ2v) is 6.23. The molecule has 2 N–H and O–H groups in total. The number of benzene rings is 2. The fourth-order valence-corrected chi connectivity index (χ4v) is 2.88. The van der Waals surface area contributed by atoms with Crippen LogP contribution in [0, 0.1) is 5.82 Å². The van der Waals surface area contributed by atoms with Crippen molar-refractivity contribution in [2.24, 2.45) is 0 Å². The van der Waals surface area contributed by atoms with Crippen molar-refractivity contribution in [3.63, 3.8) is 0 Å². The molecular weight excluding hydrogens is 359 g/mol. The summed E-state index contributed by atoms with van der Waals surface area (Å²) in [4.78, 5) is 27.5. The van der Waals surface area contributed by atoms with Crippen LogP contribution in [-0.4, -0.2) is 30.0 Å². The molecule has 3 aromatic rings. The molecule has 1 amide bonds. The number of ether oxygens (including phenoxy) is 1. The minimum Gasteiger partial charge on any atom is -0.467 e. The third kappa shape index (κ3) is 4.03. The van der Waals surface area contributed by atoms with E-state index in [0.717, 1.165) is 10.9 Å². The number of hydrogen-bond acceptors (Lipinski definition) is 3. The Labute approximate surface area is 154 Å². The summed E-state index contributed by atoms with van der Waals surface area (Å²) in [6, 6.07) is 11.8. The van der Waals surface area contributed by atoms with Gasteiger partial charge in [-0.2, -0.15) is 0 Å². The minimum absolute atomic E-state index is 0.113. The van der Waals surface area contributed by atoms with Gasteiger partial charge in [-0.1, -0.05) is 23.7 Å². The summed E-state index contributed by atoms with van der Waals surface area (Å²) in [7, 11) is 1.23. The van der Waals surface area contributed by atoms with Gasteiger partial charge in [-0.25, -0.2) is 9.18 Å². The molecule has 0 radical (unpaired) electrons. The average molecular weight is 375 g/mol. The lowest BCUT2D eigenvalue weighted by atomic mass is 10.1. The summed E-state index contributed by atoms with van der Waals surface area (Å²) in [5, 5.41) is 3.96. The molecule has 1 aromatic heterocycles. The Hall–Kier alpha value is -2.86. The van der Waals surface area contributed by atoms with Crippen molar-refractivity contribution in [3.05, 3.63) is 70.6 Å². The van der Waals surface area contributed by atoms with Crippen molar-refractivity contribution >= 4 is 34.4 Å². The molecule has 0 saturated carbocycles. The lowest BCUT2D eigenvalue weighted by molar-refractivity contribution is -0.142. The van der Waals surface area contributed by atoms with E-state index in [1.807, 2.05) is 0 Å². The zero-order valence-corrected chi connectivity index (χ0v) is 14.6. The first-order chi connectivity index (χ1) is 12.5. The Morgan fingerprint density at radius 2 is 2.04 bits per heavy atom. The molecule has 2 aromatic carbocycles. The van der Waals surface area contributed by atoms with Gasteiger partial charge < -0.3 is 15.0 Å². The fraction of sp³-hybridized carbons (Fsp3) is 0.158. The van der Waals surface area contributed by atoms with Crippen LogP contribution in [0.1, 0.15) is 16.1 Å². The number of carbonyl (C=O) groups excluding carboxylic acids is 2. The van der Waals surface area contributed by atoms with Crippen molar-refractivity contribution in [2.45, 2.75) is 12.5 Å². The van der Waals surface area contributed by atoms with Crippen molar-refractivity contribution in [3.8, 4) is 0 Å². The van der Waals surface area contributed by atoms with Crippen molar-refractivity contribution in [1.82, 2.24) is 10.3 Å². The summed E-state index contributed by atoms with van der Waals surface area (Å²) >= 11 is 5.95. The summed E-state index contributed by atoms with van der Waals surface area (Å²) in [5.41, 5.74) is 1.61. The maximum atomic E-state index is 13.4. The number of hydrogen-bond donors (Lipinski definition) is 2. The van der Waals surface area contributed by atoms with Gasteiger partial charge in [0.2, 0.25) is 0 Å². The zero-order chi connectivity index (χ0) is 18.7. The molecule has 7 heteroatoms. The molecule has 1 unspecified atom stereocenters. The second kappa shape index (κ2) is 7.58. The van der Waals surface area contributed by atoms with E-state index in [1.54, 1.807) is 36.4 Å². The van der Waals surface area contributed by atoms with E-state index in [2.05, 4.69) is 10.3 Å². The van der Waals surface area contributed by atoms with Crippen LogP contribution >= 0.6 is 11.6 Å². The van der Waals surface area contributed by atoms with E-state index in [4.69, 9.17) is 16.3 Å². The second-order valence-electron chi connectivity index (χ2n) is 5.80. The van der Waals surface area contributed by atoms with Gasteiger partial charge in [-0.15, -0.1) is 0 Å². The smallest absolute Gasteiger partial charge is 0.328 e. The highest BCUT2D eigenvalue weighted by molar-refractivity contribution is 6.31. The Balaban J connectivity index is 1.80. The van der Waals surface area contributed by atoms with E-state index in [9.17, 15) is 14.0 Å². The van der Waals surface area contributed by atoms with Crippen LogP contribution in [0.5, 0.6) is 0 Å². The zero-order valence-electron chi connectivity index (χ0n) is 13.9. The highest BCUT2D eigenvalue weighted by Gasteiger charge is 2.23. The van der Waals surface area contributed by atoms with Crippen LogP contribution in [0.25, 0.3) is 10.9 Å². The van der Waals surface area contributed by atoms with Gasteiger partial charge in [-0.05, 0) is 42.0 Å². The predicted molar refractivity (Wildman–Crippen MR) is 96.7 cm³/mol. The fourth-order valence-electron chi connectivity index (χ4n) is 2.70. The van der Waals surface area contributed by atoms with Crippen LogP contribution in [0.2, 0.25) is 5.02 Å². The van der Waals surface area contributed by atoms with Crippen molar-refractivity contribution < 1.29 is 18.7 Å². The summed E-state index contributed by atoms with van der Waals surface area (Å²) in [6.07, 6.45) is 0.113. The van der Waals surface area contributed by atoms with Gasteiger partial charge in [0.25, 0.3) is 5.91 Å². The standard InChI is InChI=1S/C19H16ClFN2O3/c1-26-19(25)17(8-11-3-2-4-14(21)7-11)23-18(24)16-10-12-9-13(20)5-6-15(12)22-16/h2-7,9-10,17,22H,8H2,1H3,(H,23,24). The minimum atomic E-state index is -0.940. The van der Waals surface area contributed by atoms with E-state index in [0.29, 0.717) is 10.6 Å². The maximum Gasteiger partial charge on any atom is 0.328 e. The molecule has 1 heterocycles. The molecule has 0 saturated heterocycles. The van der Waals surface area contributed by atoms with Crippen LogP contribution in [-0.2, 0) is 16.0 Å². The Bertz CT molecular complexity index is 970. The molecule has 0 aliphatic rings. The number of aromatic nitrogens is 1. The number of halogens is 2. The van der Waals surface area contributed by atoms with Crippen LogP contribution in [0.4, 0.5) is 4.39 Å². The van der Waals surface area contributed by atoms with Crippen molar-refractivity contribution in [1.29, 1.82) is 0 Å². The maximum absolute atomic E-state index is 13.4. The van der Waals surface area contributed by atoms with E-state index >= 15 is 0 Å². The van der Waals surface area contributed by atoms with E-state index in [1.165, 1.54) is 19.2 Å². The number of carbonyl (C=O) groups is 2. The van der Waals surface area contributed by atoms with Gasteiger partial charge in [-0.3, -0.25) is 4.79 Å². The average Bonchev–Trinajstić information content (AvgIpc) is 3.03. The quantitative estimate of drug-likeness (QED) is 0.672. The molecule has 0 spiro atoms. The largest absolute Gasteiger partial charge is 0.467 e. The number of amides is 1. The highest BCUT2D eigenvalue weighted by atomic mass is 35.5. The summed E-state index contributed by atoms with van der Waals surface area (Å²) in [6.45, 7) is 0. The third-order valence-corrected chi connectivity index (χ3v) is 4.18. The van der Waals surface area contributed by atoms with E-state index in [-0.39, 0.29) is 12.1 Å². The number of aromatic amines is 1. The van der Waals surface area contributed by atoms with Gasteiger partial charge in [0.15, 0.2) is 0 Å². The summed E-state index contributed by atoms with van der Waals surface area (Å²) < 4.78 is 18.1. The lowest BCUT2D eigenvalue weighted by Crippen LogP contribution is -2.43. The van der Waals surface area contributed by atoms with E-state index < -0.39 is 23.7 Å². The molecule has 5 nitrogen and oxygen atoms in total. The van der Waals surface area contributed by atoms with Gasteiger partial charge in [0.1, 0.15) is 17.6 Å². The first-order valence-electron chi connectivity index (χ1n) is 7.87. The monoisotopic (exact) mass is 374 g/mol. The molecule has 26 heavy (non-hydrogen) atoms. The molecule has 0 fully saturated rings. The number of esters is 1. The summed E-state index contributed by atoms with van der Waals surface area (Å²) in [5.74, 6) is -1.49. The molecular formula is C19H16ClFN2O3. The Morgan fingerprint density at radius 3 is 2.77 bits per heavy atom. The normalized spacial score (nSPS) is 12.0. The Morgan fingerprint density at radius 1 is 1.23 bits per heavy atom. The molecule has 0 bridgehead atoms. The van der Waals surface area contributed by atoms with Crippen molar-refractivity contribution in [2.75, 3.05) is 7.11 Å². The third-order valence-electron chi connectivity index (χ3n) is 3.95. The van der Waals surface area contributed by atoms with Gasteiger partial charge in [0.05, 0.1) is 7.11 Å². The van der Waals surface area contributed by atoms with Gasteiger partial charge >= 0.3 is 5.97 Å². The van der Waals surface area contributed by atoms with Crippen LogP contribution in [0.3, 0.4) is 0 Å². The van der Waals surface area contributed by atoms with Gasteiger partial charge in [0, 0.05) is 22.3 Å². The number of fused-ring (bicyclic) bond motifs is 1. The van der Waals surface area contributed by atoms with Crippen LogP contribution in [0.15, 0.2) is 48.5 Å². The molecule has 1 atom stereocenters. The molecule has 134 valence electrons. The SMILES string of the molecule is COC(=O)C(Cc1cccc(F)c1)NC(=O)c1cc2cc(Cl)ccc2[nH]1. The predicted octanol–water partition coefficient (Wildman–Crippen LogP) is 3.47.